The Morgan fingerprint density at radius 1 is 1.06 bits per heavy atom. The fourth-order valence-corrected chi connectivity index (χ4v) is 5.48. The Kier molecular flexibility index (Phi) is 5.74. The maximum Gasteiger partial charge on any atom is 0.273 e. The van der Waals surface area contributed by atoms with E-state index < -0.39 is 0 Å². The predicted molar refractivity (Wildman–Crippen MR) is 132 cm³/mol. The Hall–Kier alpha value is -3.06. The predicted octanol–water partition coefficient (Wildman–Crippen LogP) is 5.32. The highest BCUT2D eigenvalue weighted by atomic mass is 32.1. The van der Waals surface area contributed by atoms with Gasteiger partial charge in [-0.3, -0.25) is 4.79 Å². The largest absolute Gasteiger partial charge is 0.334 e. The molecule has 7 heteroatoms. The van der Waals surface area contributed by atoms with Gasteiger partial charge in [0.2, 0.25) is 0 Å². The number of carbonyl (C=O) groups is 1. The molecule has 1 fully saturated rings. The number of carbonyl (C=O) groups excluding carboxylic acids is 1. The molecule has 1 atom stereocenters. The molecule has 0 bridgehead atoms. The number of nitrogens with zero attached hydrogens (tertiary/aromatic N) is 5. The first-order valence-corrected chi connectivity index (χ1v) is 12.4. The third-order valence-corrected chi connectivity index (χ3v) is 7.61. The maximum atomic E-state index is 13.8. The summed E-state index contributed by atoms with van der Waals surface area (Å²) in [6.45, 7) is 8.88. The molecule has 170 valence electrons. The molecule has 0 aliphatic carbocycles. The van der Waals surface area contributed by atoms with Crippen LogP contribution in [0.3, 0.4) is 0 Å². The Morgan fingerprint density at radius 2 is 1.91 bits per heavy atom. The van der Waals surface area contributed by atoms with Crippen molar-refractivity contribution >= 4 is 22.9 Å². The minimum Gasteiger partial charge on any atom is -0.334 e. The highest BCUT2D eigenvalue weighted by molar-refractivity contribution is 7.13. The summed E-state index contributed by atoms with van der Waals surface area (Å²) in [5.41, 5.74) is 7.61. The van der Waals surface area contributed by atoms with Gasteiger partial charge in [0.25, 0.3) is 5.91 Å². The molecule has 0 radical (unpaired) electrons. The molecule has 5 rings (SSSR count). The highest BCUT2D eigenvalue weighted by Crippen LogP contribution is 2.30. The third-order valence-electron chi connectivity index (χ3n) is 6.61. The SMILES string of the molecule is Cc1csc(-c2ccc(C)nc2C(=O)N2CCCCC2Cc2cn3ccc(C)c(C)c3n2)n1. The summed E-state index contributed by atoms with van der Waals surface area (Å²) in [5.74, 6) is 0.00189. The number of amides is 1. The van der Waals surface area contributed by atoms with Crippen LogP contribution in [-0.4, -0.2) is 42.7 Å². The standard InChI is InChI=1S/C26H29N5OS/c1-16-10-12-30-14-20(29-24(30)19(16)4)13-21-7-5-6-11-31(21)26(32)23-22(9-8-17(2)27-23)25-28-18(3)15-33-25/h8-10,12,14-15,21H,5-7,11,13H2,1-4H3. The molecular formula is C26H29N5OS. The van der Waals surface area contributed by atoms with Gasteiger partial charge in [-0.1, -0.05) is 0 Å². The number of fused-ring (bicyclic) bond motifs is 1. The monoisotopic (exact) mass is 459 g/mol. The summed E-state index contributed by atoms with van der Waals surface area (Å²) in [5, 5.41) is 2.86. The van der Waals surface area contributed by atoms with Crippen LogP contribution in [0.25, 0.3) is 16.2 Å². The molecule has 1 aliphatic rings. The zero-order chi connectivity index (χ0) is 23.1. The van der Waals surface area contributed by atoms with E-state index in [1.165, 1.54) is 11.1 Å². The van der Waals surface area contributed by atoms with Crippen molar-refractivity contribution in [1.82, 2.24) is 24.3 Å². The highest BCUT2D eigenvalue weighted by Gasteiger charge is 2.31. The first-order chi connectivity index (χ1) is 15.9. The van der Waals surface area contributed by atoms with Crippen molar-refractivity contribution in [3.63, 3.8) is 0 Å². The van der Waals surface area contributed by atoms with E-state index in [1.807, 2.05) is 36.3 Å². The molecular weight excluding hydrogens is 430 g/mol. The minimum atomic E-state index is 0.00189. The maximum absolute atomic E-state index is 13.8. The van der Waals surface area contributed by atoms with Crippen LogP contribution in [0.1, 0.15) is 58.0 Å². The number of aryl methyl sites for hydroxylation is 4. The van der Waals surface area contributed by atoms with Crippen molar-refractivity contribution in [3.05, 3.63) is 69.9 Å². The van der Waals surface area contributed by atoms with E-state index in [9.17, 15) is 4.79 Å². The first-order valence-electron chi connectivity index (χ1n) is 11.6. The number of aromatic nitrogens is 4. The molecule has 0 saturated carbocycles. The van der Waals surface area contributed by atoms with Crippen LogP contribution in [-0.2, 0) is 6.42 Å². The van der Waals surface area contributed by atoms with Crippen molar-refractivity contribution < 1.29 is 4.79 Å². The lowest BCUT2D eigenvalue weighted by Crippen LogP contribution is -2.45. The average molecular weight is 460 g/mol. The Bertz CT molecular complexity index is 1340. The second-order valence-electron chi connectivity index (χ2n) is 9.08. The topological polar surface area (TPSA) is 63.4 Å². The summed E-state index contributed by atoms with van der Waals surface area (Å²) in [6.07, 6.45) is 8.05. The van der Waals surface area contributed by atoms with E-state index in [2.05, 4.69) is 46.7 Å². The van der Waals surface area contributed by atoms with Gasteiger partial charge in [-0.15, -0.1) is 11.3 Å². The number of piperidine rings is 1. The Morgan fingerprint density at radius 3 is 2.70 bits per heavy atom. The van der Waals surface area contributed by atoms with Gasteiger partial charge in [0.1, 0.15) is 16.3 Å². The van der Waals surface area contributed by atoms with Gasteiger partial charge in [-0.2, -0.15) is 0 Å². The van der Waals surface area contributed by atoms with Gasteiger partial charge >= 0.3 is 0 Å². The molecule has 0 N–H and O–H groups in total. The van der Waals surface area contributed by atoms with Crippen molar-refractivity contribution in [2.24, 2.45) is 0 Å². The average Bonchev–Trinajstić information content (AvgIpc) is 3.42. The van der Waals surface area contributed by atoms with Crippen LogP contribution in [0, 0.1) is 27.7 Å². The number of likely N-dealkylation sites (tertiary alicyclic amines) is 1. The van der Waals surface area contributed by atoms with Crippen molar-refractivity contribution in [1.29, 1.82) is 0 Å². The van der Waals surface area contributed by atoms with Crippen LogP contribution < -0.4 is 0 Å². The number of rotatable bonds is 4. The molecule has 33 heavy (non-hydrogen) atoms. The van der Waals surface area contributed by atoms with E-state index in [0.717, 1.165) is 65.5 Å². The number of thiazole rings is 1. The zero-order valence-corrected chi connectivity index (χ0v) is 20.4. The van der Waals surface area contributed by atoms with Crippen molar-refractivity contribution in [3.8, 4) is 10.6 Å². The zero-order valence-electron chi connectivity index (χ0n) is 19.6. The minimum absolute atomic E-state index is 0.00189. The van der Waals surface area contributed by atoms with Crippen molar-refractivity contribution in [2.45, 2.75) is 59.4 Å². The molecule has 1 saturated heterocycles. The van der Waals surface area contributed by atoms with Crippen LogP contribution in [0.4, 0.5) is 0 Å². The third kappa shape index (κ3) is 4.17. The molecule has 1 amide bonds. The summed E-state index contributed by atoms with van der Waals surface area (Å²) < 4.78 is 2.09. The number of imidazole rings is 1. The normalized spacial score (nSPS) is 16.5. The summed E-state index contributed by atoms with van der Waals surface area (Å²) in [6, 6.07) is 6.18. The van der Waals surface area contributed by atoms with Gasteiger partial charge in [0.15, 0.2) is 0 Å². The fraction of sp³-hybridized carbons (Fsp3) is 0.385. The molecule has 4 aromatic heterocycles. The Balaban J connectivity index is 1.47. The van der Waals surface area contributed by atoms with E-state index in [4.69, 9.17) is 4.98 Å². The molecule has 6 nitrogen and oxygen atoms in total. The molecule has 4 aromatic rings. The summed E-state index contributed by atoms with van der Waals surface area (Å²) >= 11 is 1.56. The smallest absolute Gasteiger partial charge is 0.273 e. The van der Waals surface area contributed by atoms with Crippen LogP contribution >= 0.6 is 11.3 Å². The number of hydrogen-bond acceptors (Lipinski definition) is 5. The molecule has 1 aliphatic heterocycles. The lowest BCUT2D eigenvalue weighted by molar-refractivity contribution is 0.0607. The van der Waals surface area contributed by atoms with Crippen LogP contribution in [0.5, 0.6) is 0 Å². The molecule has 1 unspecified atom stereocenters. The lowest BCUT2D eigenvalue weighted by atomic mass is 9.97. The quantitative estimate of drug-likeness (QED) is 0.414. The second-order valence-corrected chi connectivity index (χ2v) is 9.94. The Labute approximate surface area is 198 Å². The van der Waals surface area contributed by atoms with Crippen LogP contribution in [0.15, 0.2) is 36.0 Å². The second kappa shape index (κ2) is 8.71. The van der Waals surface area contributed by atoms with Gasteiger partial charge < -0.3 is 9.30 Å². The van der Waals surface area contributed by atoms with Gasteiger partial charge in [0, 0.05) is 53.7 Å². The first kappa shape index (κ1) is 21.8. The molecule has 0 spiro atoms. The van der Waals surface area contributed by atoms with Crippen molar-refractivity contribution in [2.75, 3.05) is 6.54 Å². The number of pyridine rings is 2. The van der Waals surface area contributed by atoms with Gasteiger partial charge in [-0.25, -0.2) is 15.0 Å². The fourth-order valence-electron chi connectivity index (χ4n) is 4.65. The van der Waals surface area contributed by atoms with E-state index in [-0.39, 0.29) is 11.9 Å². The van der Waals surface area contributed by atoms with E-state index in [1.54, 1.807) is 11.3 Å². The molecule has 5 heterocycles. The van der Waals surface area contributed by atoms with E-state index in [0.29, 0.717) is 5.69 Å². The van der Waals surface area contributed by atoms with Gasteiger partial charge in [0.05, 0.1) is 5.69 Å². The summed E-state index contributed by atoms with van der Waals surface area (Å²) in [4.78, 5) is 30.1. The van der Waals surface area contributed by atoms with Crippen LogP contribution in [0.2, 0.25) is 0 Å². The molecule has 0 aromatic carbocycles. The lowest BCUT2D eigenvalue weighted by Gasteiger charge is -2.35. The van der Waals surface area contributed by atoms with Gasteiger partial charge in [-0.05, 0) is 76.3 Å². The van der Waals surface area contributed by atoms with E-state index >= 15 is 0 Å². The number of hydrogen-bond donors (Lipinski definition) is 0. The summed E-state index contributed by atoms with van der Waals surface area (Å²) in [7, 11) is 0.